The maximum Gasteiger partial charge on any atom is 0.409 e. The number of carbonyl (C=O) groups is 5. The number of anilines is 3. The molecule has 1 saturated heterocycles. The van der Waals surface area contributed by atoms with Crippen LogP contribution in [0.2, 0.25) is 0 Å². The summed E-state index contributed by atoms with van der Waals surface area (Å²) in [5.41, 5.74) is 9.70. The number of aliphatic hydroxyl groups is 3. The van der Waals surface area contributed by atoms with E-state index in [-0.39, 0.29) is 78.7 Å². The highest BCUT2D eigenvalue weighted by Crippen LogP contribution is 2.72. The van der Waals surface area contributed by atoms with E-state index in [4.69, 9.17) is 39.5 Å². The molecule has 7 atom stereocenters. The molecule has 4 bridgehead atoms. The van der Waals surface area contributed by atoms with E-state index in [0.717, 1.165) is 54.4 Å². The van der Waals surface area contributed by atoms with Crippen molar-refractivity contribution in [3.05, 3.63) is 102 Å². The highest BCUT2D eigenvalue weighted by atomic mass is 32.1. The Kier molecular flexibility index (Phi) is 16.4. The van der Waals surface area contributed by atoms with Gasteiger partial charge in [-0.2, -0.15) is 5.10 Å². The summed E-state index contributed by atoms with van der Waals surface area (Å²) in [5.74, 6) is -2.77. The van der Waals surface area contributed by atoms with E-state index in [1.807, 2.05) is 35.9 Å². The molecule has 3 aromatic carbocycles. The SMILES string of the molecule is Cc1c(-c2ccc(-c3ccc4c(c3)N(C(=O)Nc3nc5ccccc5s3)CCO4)nc2C(=O)O)cnn1CC12CC3(C)CC(C)(C1)CC(OCCN(C)C(=O)OCC=Cc1ccc(O[C@@H]4O[C@H](C(=O)O)[C@@H](O)[C@H](O)[C@H]4O)c(NC(=O)CCN)c1)(C3)C2. The molecule has 6 aromatic rings. The van der Waals surface area contributed by atoms with Crippen LogP contribution in [0.5, 0.6) is 11.5 Å². The predicted molar refractivity (Wildman–Crippen MR) is 316 cm³/mol. The lowest BCUT2D eigenvalue weighted by molar-refractivity contribution is -0.271. The third-order valence-corrected chi connectivity index (χ3v) is 17.9. The third kappa shape index (κ3) is 12.2. The van der Waals surface area contributed by atoms with Crippen molar-refractivity contribution in [3.8, 4) is 33.9 Å². The maximum atomic E-state index is 13.7. The van der Waals surface area contributed by atoms with Gasteiger partial charge in [0.05, 0.1) is 52.2 Å². The number of thiazole rings is 1. The molecular formula is C61H69N9O15S. The van der Waals surface area contributed by atoms with Crippen molar-refractivity contribution in [1.82, 2.24) is 24.6 Å². The largest absolute Gasteiger partial charge is 0.490 e. The van der Waals surface area contributed by atoms with Crippen molar-refractivity contribution in [2.45, 2.75) is 109 Å². The van der Waals surface area contributed by atoms with E-state index < -0.39 is 60.2 Å². The molecule has 24 nitrogen and oxygen atoms in total. The molecule has 6 aliphatic rings. The first-order chi connectivity index (χ1) is 41.0. The Morgan fingerprint density at radius 1 is 0.895 bits per heavy atom. The number of ether oxygens (including phenoxy) is 5. The number of aromatic nitrogens is 4. The number of rotatable bonds is 19. The Bertz CT molecular complexity index is 3590. The summed E-state index contributed by atoms with van der Waals surface area (Å²) in [4.78, 5) is 76.6. The summed E-state index contributed by atoms with van der Waals surface area (Å²) in [7, 11) is 1.64. The average molecular weight is 1200 g/mol. The summed E-state index contributed by atoms with van der Waals surface area (Å²) in [6.45, 7) is 8.33. The molecule has 4 aliphatic carbocycles. The van der Waals surface area contributed by atoms with Crippen LogP contribution in [-0.2, 0) is 30.3 Å². The molecule has 86 heavy (non-hydrogen) atoms. The minimum Gasteiger partial charge on any atom is -0.490 e. The number of nitrogens with zero attached hydrogens (tertiary/aromatic N) is 6. The van der Waals surface area contributed by atoms with Crippen LogP contribution in [0.1, 0.15) is 80.5 Å². The molecule has 4 amide bonds. The number of nitrogens with two attached hydrogens (primary N) is 1. The topological polar surface area (TPSA) is 333 Å². The number of aromatic carboxylic acids is 1. The fourth-order valence-corrected chi connectivity index (χ4v) is 15.2. The van der Waals surface area contributed by atoms with Crippen LogP contribution in [0, 0.1) is 23.2 Å². The normalized spacial score (nSPS) is 26.5. The molecule has 12 rings (SSSR count). The van der Waals surface area contributed by atoms with Crippen molar-refractivity contribution in [3.63, 3.8) is 0 Å². The van der Waals surface area contributed by atoms with E-state index >= 15 is 0 Å². The van der Waals surface area contributed by atoms with E-state index in [2.05, 4.69) is 29.5 Å². The van der Waals surface area contributed by atoms with Crippen molar-refractivity contribution in [2.24, 2.45) is 22.0 Å². The lowest BCUT2D eigenvalue weighted by Crippen LogP contribution is -2.64. The number of hydrogen-bond acceptors (Lipinski definition) is 18. The zero-order valence-corrected chi connectivity index (χ0v) is 48.8. The second kappa shape index (κ2) is 23.7. The molecule has 0 spiro atoms. The van der Waals surface area contributed by atoms with Crippen molar-refractivity contribution in [1.29, 1.82) is 0 Å². The standard InChI is InChI=1S/C61H69N9O15S/c1-34-38(37-13-14-39(65-47(37)52(75)76)36-12-16-44-42(25-36)69(20-22-81-44)56(79)67-55-66-40-9-5-6-10-45(40)86-55)26-63-70(34)33-60-28-58(2)27-59(3,29-60)31-61(30-58,32-60)83-23-19-68(4)57(80)82-21-7-8-35-11-15-43(41(24-35)64-46(71)17-18-62)84-54-50(74)48(72)49(73)51(85-54)53(77)78/h5-16,24-26,48-51,54,72-74H,17-23,27-33,62H2,1-4H3,(H,64,71)(H,75,76)(H,77,78)(H,66,67,79)/t48-,49-,50+,51-,54+,58?,59?,60?,61?/m0/s1. The van der Waals surface area contributed by atoms with Gasteiger partial charge in [-0.25, -0.2) is 29.1 Å². The zero-order valence-electron chi connectivity index (χ0n) is 47.9. The third-order valence-electron chi connectivity index (χ3n) is 17.0. The van der Waals surface area contributed by atoms with Crippen LogP contribution in [0.25, 0.3) is 38.7 Å². The smallest absolute Gasteiger partial charge is 0.409 e. The number of fused-ring (bicyclic) bond motifs is 2. The van der Waals surface area contributed by atoms with Crippen molar-refractivity contribution >= 4 is 74.1 Å². The summed E-state index contributed by atoms with van der Waals surface area (Å²) in [6.07, 6.45) is 0.660. The van der Waals surface area contributed by atoms with Gasteiger partial charge in [-0.1, -0.05) is 49.5 Å². The summed E-state index contributed by atoms with van der Waals surface area (Å²) >= 11 is 1.38. The molecule has 9 N–H and O–H groups in total. The number of aliphatic hydroxyl groups excluding tert-OH is 3. The fourth-order valence-electron chi connectivity index (χ4n) is 14.4. The minimum atomic E-state index is -1.92. The van der Waals surface area contributed by atoms with Crippen LogP contribution in [0.3, 0.4) is 0 Å². The Labute approximate surface area is 498 Å². The first-order valence-electron chi connectivity index (χ1n) is 28.4. The number of urea groups is 1. The lowest BCUT2D eigenvalue weighted by Gasteiger charge is -2.69. The van der Waals surface area contributed by atoms with E-state index in [0.29, 0.717) is 57.7 Å². The highest BCUT2D eigenvalue weighted by Gasteiger charge is 2.66. The molecule has 4 saturated carbocycles. The number of amides is 4. The van der Waals surface area contributed by atoms with Gasteiger partial charge in [-0.05, 0) is 128 Å². The van der Waals surface area contributed by atoms with Gasteiger partial charge in [0.1, 0.15) is 43.0 Å². The van der Waals surface area contributed by atoms with Gasteiger partial charge in [0.15, 0.2) is 16.9 Å². The first-order valence-corrected chi connectivity index (χ1v) is 29.3. The number of carboxylic acid groups (broad SMARTS) is 2. The Morgan fingerprint density at radius 2 is 1.67 bits per heavy atom. The predicted octanol–water partition coefficient (Wildman–Crippen LogP) is 7.14. The number of benzene rings is 3. The zero-order chi connectivity index (χ0) is 60.9. The van der Waals surface area contributed by atoms with Gasteiger partial charge in [0.25, 0.3) is 0 Å². The number of carbonyl (C=O) groups excluding carboxylic acids is 3. The van der Waals surface area contributed by atoms with Gasteiger partial charge in [-0.3, -0.25) is 19.7 Å². The molecule has 25 heteroatoms. The van der Waals surface area contributed by atoms with E-state index in [1.165, 1.54) is 28.4 Å². The molecule has 5 fully saturated rings. The monoisotopic (exact) mass is 1200 g/mol. The first kappa shape index (κ1) is 59.7. The fraction of sp³-hybridized carbons (Fsp3) is 0.443. The number of likely N-dealkylation sites (N-methyl/N-ethyl adjacent to an activating group) is 1. The summed E-state index contributed by atoms with van der Waals surface area (Å²) in [5, 5.41) is 62.0. The van der Waals surface area contributed by atoms with Crippen LogP contribution >= 0.6 is 11.3 Å². The number of para-hydroxylation sites is 1. The minimum absolute atomic E-state index is 0.00303. The molecule has 454 valence electrons. The van der Waals surface area contributed by atoms with Gasteiger partial charge in [0.2, 0.25) is 12.2 Å². The molecule has 0 radical (unpaired) electrons. The van der Waals surface area contributed by atoms with Crippen LogP contribution < -0.4 is 30.7 Å². The molecule has 3 aromatic heterocycles. The second-order valence-electron chi connectivity index (χ2n) is 24.1. The van der Waals surface area contributed by atoms with E-state index in [9.17, 15) is 49.5 Å². The van der Waals surface area contributed by atoms with Crippen molar-refractivity contribution < 1.29 is 73.2 Å². The number of carboxylic acids is 2. The molecule has 2 aliphatic heterocycles. The van der Waals surface area contributed by atoms with E-state index in [1.54, 1.807) is 66.7 Å². The second-order valence-corrected chi connectivity index (χ2v) is 25.1. The average Bonchev–Trinajstić information content (AvgIpc) is 0.752. The maximum absolute atomic E-state index is 13.7. The van der Waals surface area contributed by atoms with Crippen molar-refractivity contribution in [2.75, 3.05) is 62.0 Å². The van der Waals surface area contributed by atoms with Crippen LogP contribution in [0.4, 0.5) is 26.1 Å². The Morgan fingerprint density at radius 3 is 2.42 bits per heavy atom. The van der Waals surface area contributed by atoms with Gasteiger partial charge >= 0.3 is 24.1 Å². The number of nitrogens with one attached hydrogen (secondary N) is 2. The van der Waals surface area contributed by atoms with Crippen LogP contribution in [0.15, 0.2) is 85.1 Å². The Hall–Kier alpha value is -8.04. The molecule has 2 unspecified atom stereocenters. The molecular weight excluding hydrogens is 1130 g/mol. The van der Waals surface area contributed by atoms with Gasteiger partial charge in [0, 0.05) is 55.5 Å². The summed E-state index contributed by atoms with van der Waals surface area (Å²) < 4.78 is 32.4. The van der Waals surface area contributed by atoms with Gasteiger partial charge in [-0.15, -0.1) is 0 Å². The summed E-state index contributed by atoms with van der Waals surface area (Å²) in [6, 6.07) is 20.7. The lowest BCUT2D eigenvalue weighted by atomic mass is 9.39. The quantitative estimate of drug-likeness (QED) is 0.0399. The number of pyridine rings is 1. The number of hydrogen-bond donors (Lipinski definition) is 8. The molecule has 5 heterocycles. The highest BCUT2D eigenvalue weighted by molar-refractivity contribution is 7.22. The van der Waals surface area contributed by atoms with Gasteiger partial charge < -0.3 is 65.2 Å². The van der Waals surface area contributed by atoms with Crippen LogP contribution in [-0.4, -0.2) is 163 Å². The Balaban J connectivity index is 0.720. The number of aliphatic carboxylic acids is 1.